The maximum absolute atomic E-state index is 13.2. The number of carbonyl (C=O) groups is 1. The minimum Gasteiger partial charge on any atom is -0.478 e. The number of allylic oxidation sites excluding steroid dienone is 1. The van der Waals surface area contributed by atoms with E-state index >= 15 is 0 Å². The highest BCUT2D eigenvalue weighted by atomic mass is 19.2. The lowest BCUT2D eigenvalue weighted by atomic mass is 10.0. The van der Waals surface area contributed by atoms with Crippen molar-refractivity contribution in [3.05, 3.63) is 40.7 Å². The van der Waals surface area contributed by atoms with Gasteiger partial charge in [-0.15, -0.1) is 0 Å². The predicted molar refractivity (Wildman–Crippen MR) is 47.5 cm³/mol. The maximum atomic E-state index is 13.2. The highest BCUT2D eigenvalue weighted by Crippen LogP contribution is 2.28. The van der Waals surface area contributed by atoms with E-state index in [9.17, 15) is 26.7 Å². The Labute approximate surface area is 96.4 Å². The molecular formula is C10H2F5NO2. The van der Waals surface area contributed by atoms with E-state index in [1.165, 1.54) is 0 Å². The lowest BCUT2D eigenvalue weighted by molar-refractivity contribution is -0.131. The molecule has 0 aromatic heterocycles. The van der Waals surface area contributed by atoms with Crippen LogP contribution in [0.25, 0.3) is 5.57 Å². The molecule has 94 valence electrons. The molecule has 0 saturated carbocycles. The van der Waals surface area contributed by atoms with Crippen molar-refractivity contribution in [1.82, 2.24) is 0 Å². The van der Waals surface area contributed by atoms with Crippen LogP contribution >= 0.6 is 0 Å². The van der Waals surface area contributed by atoms with Gasteiger partial charge in [-0.25, -0.2) is 26.7 Å². The summed E-state index contributed by atoms with van der Waals surface area (Å²) in [5.41, 5.74) is -2.76. The fourth-order valence-corrected chi connectivity index (χ4v) is 1.13. The van der Waals surface area contributed by atoms with E-state index in [2.05, 4.69) is 0 Å². The van der Waals surface area contributed by atoms with Crippen molar-refractivity contribution in [2.24, 2.45) is 0 Å². The largest absolute Gasteiger partial charge is 0.478 e. The van der Waals surface area contributed by atoms with Gasteiger partial charge < -0.3 is 5.11 Å². The molecule has 0 aliphatic heterocycles. The summed E-state index contributed by atoms with van der Waals surface area (Å²) < 4.78 is 64.6. The van der Waals surface area contributed by atoms with Crippen LogP contribution in [0, 0.1) is 40.4 Å². The van der Waals surface area contributed by atoms with Crippen LogP contribution in [0.3, 0.4) is 0 Å². The summed E-state index contributed by atoms with van der Waals surface area (Å²) in [5.74, 6) is -13.2. The van der Waals surface area contributed by atoms with E-state index in [0.717, 1.165) is 6.07 Å². The van der Waals surface area contributed by atoms with Gasteiger partial charge in [-0.2, -0.15) is 5.26 Å². The second-order valence-corrected chi connectivity index (χ2v) is 2.95. The van der Waals surface area contributed by atoms with Crippen molar-refractivity contribution < 1.29 is 31.9 Å². The van der Waals surface area contributed by atoms with Gasteiger partial charge in [-0.1, -0.05) is 0 Å². The normalized spacial score (nSPS) is 11.2. The van der Waals surface area contributed by atoms with Gasteiger partial charge >= 0.3 is 5.97 Å². The molecule has 0 heterocycles. The number of nitriles is 1. The molecule has 3 nitrogen and oxygen atoms in total. The first kappa shape index (κ1) is 13.6. The third kappa shape index (κ3) is 2.15. The molecule has 0 amide bonds. The van der Waals surface area contributed by atoms with Crippen LogP contribution in [0.4, 0.5) is 22.0 Å². The molecule has 0 spiro atoms. The zero-order chi connectivity index (χ0) is 14.0. The first-order chi connectivity index (χ1) is 8.31. The zero-order valence-corrected chi connectivity index (χ0v) is 8.27. The van der Waals surface area contributed by atoms with Crippen LogP contribution in [0.2, 0.25) is 0 Å². The second kappa shape index (κ2) is 4.83. The summed E-state index contributed by atoms with van der Waals surface area (Å²) in [6, 6.07) is 1.05. The monoisotopic (exact) mass is 263 g/mol. The van der Waals surface area contributed by atoms with Gasteiger partial charge in [0.15, 0.2) is 23.3 Å². The van der Waals surface area contributed by atoms with Gasteiger partial charge in [0, 0.05) is 6.08 Å². The number of hydrogen-bond acceptors (Lipinski definition) is 2. The van der Waals surface area contributed by atoms with Gasteiger partial charge in [-0.3, -0.25) is 0 Å². The number of aliphatic carboxylic acids is 1. The summed E-state index contributed by atoms with van der Waals surface area (Å²) in [6.07, 6.45) is 0.0400. The molecule has 0 saturated heterocycles. The zero-order valence-electron chi connectivity index (χ0n) is 8.27. The average Bonchev–Trinajstić information content (AvgIpc) is 2.32. The summed E-state index contributed by atoms with van der Waals surface area (Å²) in [4.78, 5) is 10.3. The van der Waals surface area contributed by atoms with Crippen molar-refractivity contribution in [3.8, 4) is 6.07 Å². The van der Waals surface area contributed by atoms with E-state index in [4.69, 9.17) is 10.4 Å². The van der Waals surface area contributed by atoms with E-state index in [-0.39, 0.29) is 6.08 Å². The molecule has 0 aliphatic carbocycles. The summed E-state index contributed by atoms with van der Waals surface area (Å²) in [6.45, 7) is 0. The Kier molecular flexibility index (Phi) is 3.66. The molecule has 1 aromatic carbocycles. The van der Waals surface area contributed by atoms with Gasteiger partial charge in [0.1, 0.15) is 6.07 Å². The number of rotatable bonds is 2. The Morgan fingerprint density at radius 2 is 1.39 bits per heavy atom. The SMILES string of the molecule is N#C/C(=C\C(=O)O)c1c(F)c(F)c(F)c(F)c1F. The van der Waals surface area contributed by atoms with E-state index in [1.807, 2.05) is 0 Å². The molecule has 1 N–H and O–H groups in total. The highest BCUT2D eigenvalue weighted by Gasteiger charge is 2.28. The van der Waals surface area contributed by atoms with Crippen molar-refractivity contribution >= 4 is 11.5 Å². The Balaban J connectivity index is 3.71. The fraction of sp³-hybridized carbons (Fsp3) is 0. The Hall–Kier alpha value is -2.43. The van der Waals surface area contributed by atoms with Crippen LogP contribution in [0.1, 0.15) is 5.56 Å². The Bertz CT molecular complexity index is 574. The molecule has 18 heavy (non-hydrogen) atoms. The van der Waals surface area contributed by atoms with Gasteiger partial charge in [-0.05, 0) is 0 Å². The third-order valence-electron chi connectivity index (χ3n) is 1.87. The van der Waals surface area contributed by atoms with Crippen LogP contribution in [0.5, 0.6) is 0 Å². The molecule has 0 radical (unpaired) electrons. The summed E-state index contributed by atoms with van der Waals surface area (Å²) >= 11 is 0. The van der Waals surface area contributed by atoms with Gasteiger partial charge in [0.05, 0.1) is 11.1 Å². The highest BCUT2D eigenvalue weighted by molar-refractivity contribution is 5.94. The smallest absolute Gasteiger partial charge is 0.329 e. The van der Waals surface area contributed by atoms with Gasteiger partial charge in [0.25, 0.3) is 0 Å². The van der Waals surface area contributed by atoms with E-state index in [1.54, 1.807) is 0 Å². The maximum Gasteiger partial charge on any atom is 0.329 e. The van der Waals surface area contributed by atoms with Crippen LogP contribution in [-0.4, -0.2) is 11.1 Å². The molecule has 1 rings (SSSR count). The Morgan fingerprint density at radius 3 is 1.72 bits per heavy atom. The van der Waals surface area contributed by atoms with Crippen molar-refractivity contribution in [1.29, 1.82) is 5.26 Å². The number of halogens is 5. The number of hydrogen-bond donors (Lipinski definition) is 1. The number of benzene rings is 1. The van der Waals surface area contributed by atoms with Crippen molar-refractivity contribution in [3.63, 3.8) is 0 Å². The van der Waals surface area contributed by atoms with E-state index in [0.29, 0.717) is 0 Å². The molecule has 8 heteroatoms. The molecular weight excluding hydrogens is 261 g/mol. The first-order valence-corrected chi connectivity index (χ1v) is 4.17. The third-order valence-corrected chi connectivity index (χ3v) is 1.87. The molecule has 0 aliphatic rings. The summed E-state index contributed by atoms with van der Waals surface area (Å²) in [5, 5.41) is 16.8. The first-order valence-electron chi connectivity index (χ1n) is 4.17. The minimum absolute atomic E-state index is 0.0400. The van der Waals surface area contributed by atoms with Crippen molar-refractivity contribution in [2.45, 2.75) is 0 Å². The second-order valence-electron chi connectivity index (χ2n) is 2.95. The lowest BCUT2D eigenvalue weighted by Crippen LogP contribution is -2.07. The standard InChI is InChI=1S/C10H2F5NO2/c11-6-5(3(2-16)1-4(17)18)7(12)9(14)10(15)8(6)13/h1H,(H,17,18)/b3-1+. The van der Waals surface area contributed by atoms with Crippen LogP contribution in [-0.2, 0) is 4.79 Å². The van der Waals surface area contributed by atoms with E-state index < -0.39 is 46.2 Å². The number of carboxylic acid groups (broad SMARTS) is 1. The number of nitrogens with zero attached hydrogens (tertiary/aromatic N) is 1. The molecule has 0 unspecified atom stereocenters. The minimum atomic E-state index is -2.39. The summed E-state index contributed by atoms with van der Waals surface area (Å²) in [7, 11) is 0. The van der Waals surface area contributed by atoms with Crippen LogP contribution < -0.4 is 0 Å². The number of carboxylic acids is 1. The Morgan fingerprint density at radius 1 is 1.00 bits per heavy atom. The topological polar surface area (TPSA) is 61.1 Å². The molecule has 0 bridgehead atoms. The van der Waals surface area contributed by atoms with Crippen molar-refractivity contribution in [2.75, 3.05) is 0 Å². The fourth-order valence-electron chi connectivity index (χ4n) is 1.13. The molecule has 0 atom stereocenters. The molecule has 1 aromatic rings. The predicted octanol–water partition coefficient (Wildman–Crippen LogP) is 2.37. The average molecular weight is 263 g/mol. The quantitative estimate of drug-likeness (QED) is 0.293. The lowest BCUT2D eigenvalue weighted by Gasteiger charge is -2.06. The van der Waals surface area contributed by atoms with Crippen LogP contribution in [0.15, 0.2) is 6.08 Å². The van der Waals surface area contributed by atoms with Gasteiger partial charge in [0.2, 0.25) is 5.82 Å². The molecule has 0 fully saturated rings.